The highest BCUT2D eigenvalue weighted by atomic mass is 19.4. The average molecular weight is 502 g/mol. The number of alkyl halides is 3. The van der Waals surface area contributed by atoms with Crippen LogP contribution in [0, 0.1) is 0 Å². The molecule has 0 saturated carbocycles. The van der Waals surface area contributed by atoms with Crippen LogP contribution < -0.4 is 10.1 Å². The van der Waals surface area contributed by atoms with Crippen LogP contribution >= 0.6 is 0 Å². The van der Waals surface area contributed by atoms with Crippen LogP contribution in [0.15, 0.2) is 102 Å². The summed E-state index contributed by atoms with van der Waals surface area (Å²) < 4.78 is 49.1. The quantitative estimate of drug-likeness (QED) is 0.260. The molecule has 0 radical (unpaired) electrons. The number of ether oxygens (including phenoxy) is 1. The van der Waals surface area contributed by atoms with Crippen LogP contribution in [-0.2, 0) is 19.3 Å². The second-order valence-corrected chi connectivity index (χ2v) is 8.45. The molecule has 1 amide bonds. The Hall–Kier alpha value is -4.59. The molecule has 0 aliphatic rings. The van der Waals surface area contributed by atoms with E-state index in [4.69, 9.17) is 9.26 Å². The van der Waals surface area contributed by atoms with Gasteiger partial charge in [0.15, 0.2) is 0 Å². The number of benzene rings is 4. The Labute approximate surface area is 210 Å². The zero-order valence-corrected chi connectivity index (χ0v) is 19.5. The first kappa shape index (κ1) is 24.1. The Morgan fingerprint density at radius 2 is 1.68 bits per heavy atom. The molecule has 37 heavy (non-hydrogen) atoms. The largest absolute Gasteiger partial charge is 0.471 e. The lowest BCUT2D eigenvalue weighted by molar-refractivity contribution is -0.137. The predicted octanol–water partition coefficient (Wildman–Crippen LogP) is 7.02. The number of amides is 1. The molecule has 1 heterocycles. The zero-order valence-electron chi connectivity index (χ0n) is 19.5. The van der Waals surface area contributed by atoms with E-state index in [-0.39, 0.29) is 5.91 Å². The minimum atomic E-state index is -4.38. The molecule has 0 unspecified atom stereocenters. The predicted molar refractivity (Wildman–Crippen MR) is 133 cm³/mol. The standard InChI is InChI=1S/C29H21F3N2O3/c30-29(31,32)24-10-7-21(8-11-24)25-6-2-5-22-16-23(9-12-26(22)25)28(35)33-17-19-3-1-4-20(15-19)18-36-27-13-14-37-34-27/h1-16H,17-18H2,(H,33,35). The summed E-state index contributed by atoms with van der Waals surface area (Å²) in [5.74, 6) is 0.169. The van der Waals surface area contributed by atoms with Crippen molar-refractivity contribution < 1.29 is 27.2 Å². The van der Waals surface area contributed by atoms with Gasteiger partial charge in [0.25, 0.3) is 11.8 Å². The minimum Gasteiger partial charge on any atom is -0.471 e. The number of halogens is 3. The third-order valence-electron chi connectivity index (χ3n) is 5.91. The van der Waals surface area contributed by atoms with Gasteiger partial charge < -0.3 is 14.6 Å². The fourth-order valence-electron chi connectivity index (χ4n) is 4.06. The average Bonchev–Trinajstić information content (AvgIpc) is 3.43. The highest BCUT2D eigenvalue weighted by Gasteiger charge is 2.30. The van der Waals surface area contributed by atoms with Gasteiger partial charge in [-0.2, -0.15) is 13.2 Å². The molecule has 186 valence electrons. The summed E-state index contributed by atoms with van der Waals surface area (Å²) >= 11 is 0. The lowest BCUT2D eigenvalue weighted by Crippen LogP contribution is -2.22. The number of aromatic nitrogens is 1. The number of rotatable bonds is 7. The van der Waals surface area contributed by atoms with Crippen LogP contribution in [0.4, 0.5) is 13.2 Å². The number of carbonyl (C=O) groups excluding carboxylic acids is 1. The lowest BCUT2D eigenvalue weighted by atomic mass is 9.96. The third-order valence-corrected chi connectivity index (χ3v) is 5.91. The summed E-state index contributed by atoms with van der Waals surface area (Å²) in [6.07, 6.45) is -2.95. The lowest BCUT2D eigenvalue weighted by Gasteiger charge is -2.11. The van der Waals surface area contributed by atoms with Gasteiger partial charge in [0, 0.05) is 18.2 Å². The zero-order chi connectivity index (χ0) is 25.8. The van der Waals surface area contributed by atoms with Crippen molar-refractivity contribution in [3.05, 3.63) is 120 Å². The van der Waals surface area contributed by atoms with E-state index < -0.39 is 11.7 Å². The number of hydrogen-bond acceptors (Lipinski definition) is 4. The molecule has 1 N–H and O–H groups in total. The van der Waals surface area contributed by atoms with E-state index in [1.165, 1.54) is 18.4 Å². The molecule has 0 atom stereocenters. The summed E-state index contributed by atoms with van der Waals surface area (Å²) in [6, 6.07) is 25.2. The van der Waals surface area contributed by atoms with Gasteiger partial charge in [-0.1, -0.05) is 60.7 Å². The van der Waals surface area contributed by atoms with Crippen molar-refractivity contribution in [2.75, 3.05) is 0 Å². The van der Waals surface area contributed by atoms with Crippen molar-refractivity contribution in [2.45, 2.75) is 19.3 Å². The SMILES string of the molecule is O=C(NCc1cccc(COc2ccon2)c1)c1ccc2c(-c3ccc(C(F)(F)F)cc3)cccc2c1. The highest BCUT2D eigenvalue weighted by molar-refractivity contribution is 6.02. The third kappa shape index (κ3) is 5.64. The smallest absolute Gasteiger partial charge is 0.416 e. The summed E-state index contributed by atoms with van der Waals surface area (Å²) in [5.41, 5.74) is 3.10. The van der Waals surface area contributed by atoms with E-state index in [0.717, 1.165) is 39.6 Å². The van der Waals surface area contributed by atoms with E-state index >= 15 is 0 Å². The highest BCUT2D eigenvalue weighted by Crippen LogP contribution is 2.33. The molecule has 8 heteroatoms. The summed E-state index contributed by atoms with van der Waals surface area (Å²) in [4.78, 5) is 12.9. The Kier molecular flexibility index (Phi) is 6.64. The molecular weight excluding hydrogens is 481 g/mol. The van der Waals surface area contributed by atoms with Crippen molar-refractivity contribution in [3.63, 3.8) is 0 Å². The van der Waals surface area contributed by atoms with Crippen molar-refractivity contribution in [2.24, 2.45) is 0 Å². The van der Waals surface area contributed by atoms with Crippen molar-refractivity contribution >= 4 is 16.7 Å². The van der Waals surface area contributed by atoms with E-state index in [2.05, 4.69) is 10.5 Å². The fourth-order valence-corrected chi connectivity index (χ4v) is 4.06. The Morgan fingerprint density at radius 3 is 2.43 bits per heavy atom. The van der Waals surface area contributed by atoms with Crippen molar-refractivity contribution in [1.82, 2.24) is 10.5 Å². The second-order valence-electron chi connectivity index (χ2n) is 8.45. The van der Waals surface area contributed by atoms with Gasteiger partial charge in [0.2, 0.25) is 0 Å². The Morgan fingerprint density at radius 1 is 0.892 bits per heavy atom. The summed E-state index contributed by atoms with van der Waals surface area (Å²) in [5, 5.41) is 8.30. The maximum Gasteiger partial charge on any atom is 0.416 e. The molecule has 1 aromatic heterocycles. The van der Waals surface area contributed by atoms with Gasteiger partial charge in [-0.05, 0) is 62.4 Å². The van der Waals surface area contributed by atoms with E-state index in [0.29, 0.717) is 30.2 Å². The van der Waals surface area contributed by atoms with Crippen LogP contribution in [0.3, 0.4) is 0 Å². The number of carbonyl (C=O) groups is 1. The maximum atomic E-state index is 12.9. The van der Waals surface area contributed by atoms with Crippen LogP contribution in [0.5, 0.6) is 5.88 Å². The second kappa shape index (κ2) is 10.2. The van der Waals surface area contributed by atoms with Crippen molar-refractivity contribution in [3.8, 4) is 17.0 Å². The van der Waals surface area contributed by atoms with Gasteiger partial charge in [0.05, 0.1) is 5.56 Å². The molecule has 4 aromatic carbocycles. The first-order chi connectivity index (χ1) is 17.9. The van der Waals surface area contributed by atoms with Gasteiger partial charge in [0.1, 0.15) is 12.9 Å². The number of fused-ring (bicyclic) bond motifs is 1. The van der Waals surface area contributed by atoms with E-state index in [1.54, 1.807) is 18.2 Å². The molecule has 0 aliphatic heterocycles. The van der Waals surface area contributed by atoms with Gasteiger partial charge >= 0.3 is 6.18 Å². The monoisotopic (exact) mass is 502 g/mol. The fraction of sp³-hybridized carbons (Fsp3) is 0.103. The number of nitrogens with one attached hydrogen (secondary N) is 1. The maximum absolute atomic E-state index is 12.9. The molecule has 5 aromatic rings. The normalized spacial score (nSPS) is 11.4. The molecule has 5 nitrogen and oxygen atoms in total. The topological polar surface area (TPSA) is 64.4 Å². The molecule has 0 fully saturated rings. The van der Waals surface area contributed by atoms with Gasteiger partial charge in [-0.15, -0.1) is 0 Å². The summed E-state index contributed by atoms with van der Waals surface area (Å²) in [6.45, 7) is 0.653. The minimum absolute atomic E-state index is 0.230. The molecule has 0 saturated heterocycles. The van der Waals surface area contributed by atoms with E-state index in [1.807, 2.05) is 48.5 Å². The molecular formula is C29H21F3N2O3. The molecule has 0 spiro atoms. The summed E-state index contributed by atoms with van der Waals surface area (Å²) in [7, 11) is 0. The van der Waals surface area contributed by atoms with Crippen LogP contribution in [0.25, 0.3) is 21.9 Å². The first-order valence-corrected chi connectivity index (χ1v) is 11.5. The van der Waals surface area contributed by atoms with Crippen LogP contribution in [-0.4, -0.2) is 11.1 Å². The Balaban J connectivity index is 1.28. The molecule has 5 rings (SSSR count). The number of hydrogen-bond donors (Lipinski definition) is 1. The van der Waals surface area contributed by atoms with Crippen LogP contribution in [0.1, 0.15) is 27.0 Å². The van der Waals surface area contributed by atoms with Crippen LogP contribution in [0.2, 0.25) is 0 Å². The van der Waals surface area contributed by atoms with E-state index in [9.17, 15) is 18.0 Å². The molecule has 0 aliphatic carbocycles. The number of nitrogens with zero attached hydrogens (tertiary/aromatic N) is 1. The molecule has 0 bridgehead atoms. The van der Waals surface area contributed by atoms with Gasteiger partial charge in [-0.25, -0.2) is 0 Å². The van der Waals surface area contributed by atoms with Crippen molar-refractivity contribution in [1.29, 1.82) is 0 Å². The first-order valence-electron chi connectivity index (χ1n) is 11.5. The Bertz CT molecular complexity index is 1530. The van der Waals surface area contributed by atoms with Gasteiger partial charge in [-0.3, -0.25) is 4.79 Å².